The zero-order valence-corrected chi connectivity index (χ0v) is 15.9. The molecule has 7 heteroatoms. The number of benzene rings is 1. The van der Waals surface area contributed by atoms with Gasteiger partial charge in [0.05, 0.1) is 25.1 Å². The number of hydrogen-bond acceptors (Lipinski definition) is 6. The average Bonchev–Trinajstić information content (AvgIpc) is 3.40. The van der Waals surface area contributed by atoms with E-state index in [-0.39, 0.29) is 5.78 Å². The number of carbonyl (C=O) groups excluding carboxylic acids is 1. The van der Waals surface area contributed by atoms with E-state index >= 15 is 0 Å². The fraction of sp³-hybridized carbons (Fsp3) is 0.190. The molecule has 1 aromatic carbocycles. The van der Waals surface area contributed by atoms with Gasteiger partial charge in [-0.2, -0.15) is 0 Å². The fourth-order valence-electron chi connectivity index (χ4n) is 3.36. The summed E-state index contributed by atoms with van der Waals surface area (Å²) >= 11 is 1.44. The van der Waals surface area contributed by atoms with E-state index in [4.69, 9.17) is 9.72 Å². The Hall–Kier alpha value is -3.03. The maximum atomic E-state index is 13.5. The molecule has 4 heterocycles. The molecule has 1 aliphatic heterocycles. The van der Waals surface area contributed by atoms with Crippen LogP contribution in [0.2, 0.25) is 0 Å². The highest BCUT2D eigenvalue weighted by Gasteiger charge is 2.25. The van der Waals surface area contributed by atoms with Crippen LogP contribution in [0, 0.1) is 0 Å². The number of thiazole rings is 1. The van der Waals surface area contributed by atoms with E-state index in [1.165, 1.54) is 11.3 Å². The highest BCUT2D eigenvalue weighted by Crippen LogP contribution is 2.35. The molecule has 0 bridgehead atoms. The first-order valence-corrected chi connectivity index (χ1v) is 9.98. The first-order valence-electron chi connectivity index (χ1n) is 9.17. The second kappa shape index (κ2) is 7.18. The van der Waals surface area contributed by atoms with Gasteiger partial charge in [0.2, 0.25) is 5.78 Å². The minimum atomic E-state index is -0.0606. The molecule has 0 radical (unpaired) electrons. The molecule has 0 amide bonds. The number of carbonyl (C=O) groups is 1. The molecular weight excluding hydrogens is 372 g/mol. The summed E-state index contributed by atoms with van der Waals surface area (Å²) in [4.78, 5) is 25.5. The van der Waals surface area contributed by atoms with E-state index < -0.39 is 0 Å². The molecule has 3 aromatic heterocycles. The Balaban J connectivity index is 1.62. The van der Waals surface area contributed by atoms with E-state index in [1.54, 1.807) is 6.20 Å². The van der Waals surface area contributed by atoms with Crippen molar-refractivity contribution in [3.05, 3.63) is 71.5 Å². The molecule has 5 rings (SSSR count). The third-order valence-electron chi connectivity index (χ3n) is 4.80. The fourth-order valence-corrected chi connectivity index (χ4v) is 4.45. The molecule has 140 valence electrons. The van der Waals surface area contributed by atoms with Gasteiger partial charge in [0.25, 0.3) is 0 Å². The lowest BCUT2D eigenvalue weighted by molar-refractivity contribution is 0.103. The Labute approximate surface area is 166 Å². The summed E-state index contributed by atoms with van der Waals surface area (Å²) in [6.07, 6.45) is 3.50. The minimum absolute atomic E-state index is 0.0606. The van der Waals surface area contributed by atoms with Gasteiger partial charge in [-0.15, -0.1) is 0 Å². The average molecular weight is 390 g/mol. The number of imidazole rings is 1. The van der Waals surface area contributed by atoms with Crippen LogP contribution in [0.5, 0.6) is 0 Å². The Kier molecular flexibility index (Phi) is 4.38. The smallest absolute Gasteiger partial charge is 0.223 e. The SMILES string of the molecule is O=C(c1sc(N2CCOCC2)nc1-c1ccccc1)c1cnc2ccccn12. The third-order valence-corrected chi connectivity index (χ3v) is 5.92. The van der Waals surface area contributed by atoms with E-state index in [2.05, 4.69) is 9.88 Å². The van der Waals surface area contributed by atoms with Gasteiger partial charge in [0.1, 0.15) is 16.2 Å². The van der Waals surface area contributed by atoms with E-state index in [0.717, 1.165) is 35.1 Å². The molecule has 6 nitrogen and oxygen atoms in total. The third kappa shape index (κ3) is 2.98. The Morgan fingerprint density at radius 3 is 2.64 bits per heavy atom. The molecule has 1 fully saturated rings. The molecule has 0 spiro atoms. The van der Waals surface area contributed by atoms with Gasteiger partial charge >= 0.3 is 0 Å². The summed E-state index contributed by atoms with van der Waals surface area (Å²) in [5.41, 5.74) is 2.97. The number of pyridine rings is 1. The highest BCUT2D eigenvalue weighted by molar-refractivity contribution is 7.18. The van der Waals surface area contributed by atoms with Crippen LogP contribution in [0.25, 0.3) is 16.9 Å². The summed E-state index contributed by atoms with van der Waals surface area (Å²) in [6, 6.07) is 15.6. The zero-order valence-electron chi connectivity index (χ0n) is 15.1. The number of anilines is 1. The number of ketones is 1. The summed E-state index contributed by atoms with van der Waals surface area (Å²) in [5.74, 6) is -0.0606. The van der Waals surface area contributed by atoms with E-state index in [1.807, 2.05) is 59.1 Å². The predicted molar refractivity (Wildman–Crippen MR) is 109 cm³/mol. The minimum Gasteiger partial charge on any atom is -0.378 e. The van der Waals surface area contributed by atoms with Crippen LogP contribution in [-0.4, -0.2) is 46.5 Å². The second-order valence-electron chi connectivity index (χ2n) is 6.54. The van der Waals surface area contributed by atoms with Crippen molar-refractivity contribution < 1.29 is 9.53 Å². The molecule has 0 N–H and O–H groups in total. The Bertz CT molecular complexity index is 1130. The number of nitrogens with zero attached hydrogens (tertiary/aromatic N) is 4. The lowest BCUT2D eigenvalue weighted by atomic mass is 10.1. The second-order valence-corrected chi connectivity index (χ2v) is 7.52. The number of rotatable bonds is 4. The van der Waals surface area contributed by atoms with Crippen molar-refractivity contribution in [2.45, 2.75) is 0 Å². The van der Waals surface area contributed by atoms with Crippen LogP contribution in [0.3, 0.4) is 0 Å². The molecular formula is C21H18N4O2S. The van der Waals surface area contributed by atoms with Gasteiger partial charge in [-0.05, 0) is 12.1 Å². The van der Waals surface area contributed by atoms with Crippen molar-refractivity contribution in [3.63, 3.8) is 0 Å². The Morgan fingerprint density at radius 1 is 1.04 bits per heavy atom. The van der Waals surface area contributed by atoms with Crippen LogP contribution in [-0.2, 0) is 4.74 Å². The van der Waals surface area contributed by atoms with Crippen molar-refractivity contribution in [1.29, 1.82) is 0 Å². The topological polar surface area (TPSA) is 59.7 Å². The predicted octanol–water partition coefficient (Wildman–Crippen LogP) is 3.53. The number of fused-ring (bicyclic) bond motifs is 1. The zero-order chi connectivity index (χ0) is 18.9. The van der Waals surface area contributed by atoms with E-state index in [0.29, 0.717) is 23.8 Å². The molecule has 0 saturated carbocycles. The first-order chi connectivity index (χ1) is 13.8. The number of hydrogen-bond donors (Lipinski definition) is 0. The van der Waals surface area contributed by atoms with Crippen molar-refractivity contribution in [2.75, 3.05) is 31.2 Å². The standard InChI is InChI=1S/C21H18N4O2S/c26-19(16-14-22-17-8-4-5-9-25(16)17)20-18(15-6-2-1-3-7-15)23-21(28-20)24-10-12-27-13-11-24/h1-9,14H,10-13H2. The van der Waals surface area contributed by atoms with Crippen molar-refractivity contribution >= 4 is 27.9 Å². The quantitative estimate of drug-likeness (QED) is 0.499. The summed E-state index contributed by atoms with van der Waals surface area (Å²) < 4.78 is 7.28. The summed E-state index contributed by atoms with van der Waals surface area (Å²) in [5, 5.41) is 0.860. The molecule has 28 heavy (non-hydrogen) atoms. The monoisotopic (exact) mass is 390 g/mol. The molecule has 0 atom stereocenters. The van der Waals surface area contributed by atoms with Gasteiger partial charge in [0, 0.05) is 24.8 Å². The van der Waals surface area contributed by atoms with Crippen LogP contribution < -0.4 is 4.90 Å². The number of ether oxygens (including phenoxy) is 1. The largest absolute Gasteiger partial charge is 0.378 e. The first kappa shape index (κ1) is 17.1. The van der Waals surface area contributed by atoms with Crippen LogP contribution >= 0.6 is 11.3 Å². The lowest BCUT2D eigenvalue weighted by Crippen LogP contribution is -2.36. The molecule has 1 saturated heterocycles. The van der Waals surface area contributed by atoms with Crippen molar-refractivity contribution in [3.8, 4) is 11.3 Å². The van der Waals surface area contributed by atoms with Gasteiger partial charge < -0.3 is 9.64 Å². The summed E-state index contributed by atoms with van der Waals surface area (Å²) in [6.45, 7) is 2.92. The van der Waals surface area contributed by atoms with Crippen LogP contribution in [0.4, 0.5) is 5.13 Å². The van der Waals surface area contributed by atoms with E-state index in [9.17, 15) is 4.79 Å². The molecule has 0 aliphatic carbocycles. The summed E-state index contributed by atoms with van der Waals surface area (Å²) in [7, 11) is 0. The molecule has 0 unspecified atom stereocenters. The number of aromatic nitrogens is 3. The Morgan fingerprint density at radius 2 is 1.82 bits per heavy atom. The van der Waals surface area contributed by atoms with Crippen molar-refractivity contribution in [2.24, 2.45) is 0 Å². The maximum absolute atomic E-state index is 13.5. The molecule has 1 aliphatic rings. The van der Waals surface area contributed by atoms with Crippen LogP contribution in [0.15, 0.2) is 60.9 Å². The molecule has 4 aromatic rings. The highest BCUT2D eigenvalue weighted by atomic mass is 32.1. The van der Waals surface area contributed by atoms with Gasteiger partial charge in [0.15, 0.2) is 5.13 Å². The maximum Gasteiger partial charge on any atom is 0.223 e. The van der Waals surface area contributed by atoms with Gasteiger partial charge in [-0.3, -0.25) is 9.20 Å². The van der Waals surface area contributed by atoms with Crippen molar-refractivity contribution in [1.82, 2.24) is 14.4 Å². The normalized spacial score (nSPS) is 14.5. The lowest BCUT2D eigenvalue weighted by Gasteiger charge is -2.26. The van der Waals surface area contributed by atoms with Gasteiger partial charge in [-0.1, -0.05) is 47.7 Å². The van der Waals surface area contributed by atoms with Gasteiger partial charge in [-0.25, -0.2) is 9.97 Å². The van der Waals surface area contributed by atoms with Crippen LogP contribution in [0.1, 0.15) is 15.4 Å². The number of morpholine rings is 1.